The summed E-state index contributed by atoms with van der Waals surface area (Å²) >= 11 is 6.05. The number of carbonyl (C=O) groups is 1. The van der Waals surface area contributed by atoms with Crippen LogP contribution < -0.4 is 16.6 Å². The topological polar surface area (TPSA) is 73.1 Å². The number of unbranched alkanes of at least 4 members (excludes halogenated alkanes) is 1. The highest BCUT2D eigenvalue weighted by atomic mass is 35.5. The molecule has 0 saturated heterocycles. The van der Waals surface area contributed by atoms with Crippen LogP contribution in [0.3, 0.4) is 0 Å². The number of rotatable bonds is 7. The van der Waals surface area contributed by atoms with Crippen LogP contribution in [-0.2, 0) is 13.1 Å². The molecule has 0 atom stereocenters. The largest absolute Gasteiger partial charge is 0.348 e. The van der Waals surface area contributed by atoms with Crippen LogP contribution in [0, 0.1) is 6.92 Å². The molecule has 0 spiro atoms. The van der Waals surface area contributed by atoms with Crippen molar-refractivity contribution in [3.05, 3.63) is 97.3 Å². The van der Waals surface area contributed by atoms with Crippen LogP contribution in [0.4, 0.5) is 0 Å². The highest BCUT2D eigenvalue weighted by Gasteiger charge is 2.18. The van der Waals surface area contributed by atoms with Gasteiger partial charge in [0.15, 0.2) is 0 Å². The van der Waals surface area contributed by atoms with Gasteiger partial charge in [0, 0.05) is 24.3 Å². The van der Waals surface area contributed by atoms with Gasteiger partial charge < -0.3 is 5.32 Å². The van der Waals surface area contributed by atoms with Crippen LogP contribution in [0.25, 0.3) is 5.69 Å². The molecule has 0 saturated carbocycles. The van der Waals surface area contributed by atoms with Crippen molar-refractivity contribution >= 4 is 17.5 Å². The van der Waals surface area contributed by atoms with E-state index in [-0.39, 0.29) is 12.1 Å². The molecule has 0 aliphatic carbocycles. The van der Waals surface area contributed by atoms with E-state index < -0.39 is 17.2 Å². The lowest BCUT2D eigenvalue weighted by Gasteiger charge is -2.13. The molecule has 3 rings (SSSR count). The van der Waals surface area contributed by atoms with E-state index in [1.807, 2.05) is 38.1 Å². The van der Waals surface area contributed by atoms with Gasteiger partial charge in [0.25, 0.3) is 11.5 Å². The summed E-state index contributed by atoms with van der Waals surface area (Å²) in [6.45, 7) is 4.69. The van der Waals surface area contributed by atoms with E-state index in [0.717, 1.165) is 28.5 Å². The van der Waals surface area contributed by atoms with E-state index in [2.05, 4.69) is 5.32 Å². The van der Waals surface area contributed by atoms with E-state index in [9.17, 15) is 14.4 Å². The molecular weight excluding hydrogens is 402 g/mol. The molecule has 156 valence electrons. The van der Waals surface area contributed by atoms with Crippen LogP contribution in [0.2, 0.25) is 5.02 Å². The van der Waals surface area contributed by atoms with Gasteiger partial charge in [0.1, 0.15) is 5.56 Å². The molecule has 1 N–H and O–H groups in total. The predicted octanol–water partition coefficient (Wildman–Crippen LogP) is 3.69. The van der Waals surface area contributed by atoms with Gasteiger partial charge in [-0.25, -0.2) is 9.36 Å². The Balaban J connectivity index is 2.01. The fourth-order valence-corrected chi connectivity index (χ4v) is 3.26. The van der Waals surface area contributed by atoms with Gasteiger partial charge in [0.05, 0.1) is 5.69 Å². The van der Waals surface area contributed by atoms with Crippen molar-refractivity contribution in [1.82, 2.24) is 14.5 Å². The zero-order valence-corrected chi connectivity index (χ0v) is 17.8. The smallest absolute Gasteiger partial charge is 0.335 e. The van der Waals surface area contributed by atoms with Gasteiger partial charge in [0.2, 0.25) is 0 Å². The summed E-state index contributed by atoms with van der Waals surface area (Å²) in [4.78, 5) is 38.8. The lowest BCUT2D eigenvalue weighted by atomic mass is 10.1. The molecule has 7 heteroatoms. The molecule has 1 amide bonds. The monoisotopic (exact) mass is 425 g/mol. The van der Waals surface area contributed by atoms with Crippen LogP contribution >= 0.6 is 11.6 Å². The number of aromatic nitrogens is 2. The minimum absolute atomic E-state index is 0.0854. The van der Waals surface area contributed by atoms with Gasteiger partial charge >= 0.3 is 5.69 Å². The average Bonchev–Trinajstić information content (AvgIpc) is 2.73. The number of nitrogens with one attached hydrogen (secondary N) is 1. The Morgan fingerprint density at radius 3 is 2.50 bits per heavy atom. The van der Waals surface area contributed by atoms with Crippen molar-refractivity contribution in [1.29, 1.82) is 0 Å². The van der Waals surface area contributed by atoms with Crippen molar-refractivity contribution in [3.63, 3.8) is 0 Å². The number of nitrogens with zero attached hydrogens (tertiary/aromatic N) is 2. The second-order valence-corrected chi connectivity index (χ2v) is 7.60. The number of aryl methyl sites for hydroxylation is 2. The Morgan fingerprint density at radius 2 is 1.83 bits per heavy atom. The lowest BCUT2D eigenvalue weighted by molar-refractivity contribution is 0.0948. The van der Waals surface area contributed by atoms with Crippen LogP contribution in [0.15, 0.2) is 64.3 Å². The Hall–Kier alpha value is -3.12. The first kappa shape index (κ1) is 21.6. The molecule has 3 aromatic rings. The molecule has 1 heterocycles. The number of halogens is 1. The Morgan fingerprint density at radius 1 is 1.10 bits per heavy atom. The third-order valence-electron chi connectivity index (χ3n) is 4.79. The van der Waals surface area contributed by atoms with Gasteiger partial charge in [-0.05, 0) is 37.1 Å². The van der Waals surface area contributed by atoms with Gasteiger partial charge in [-0.3, -0.25) is 14.2 Å². The fourth-order valence-electron chi connectivity index (χ4n) is 3.07. The zero-order chi connectivity index (χ0) is 21.7. The highest BCUT2D eigenvalue weighted by Crippen LogP contribution is 2.12. The number of hydrogen-bond donors (Lipinski definition) is 1. The average molecular weight is 426 g/mol. The first-order valence-electron chi connectivity index (χ1n) is 9.87. The van der Waals surface area contributed by atoms with Crippen molar-refractivity contribution in [2.75, 3.05) is 0 Å². The second kappa shape index (κ2) is 9.59. The number of hydrogen-bond acceptors (Lipinski definition) is 3. The van der Waals surface area contributed by atoms with Crippen LogP contribution in [0.1, 0.15) is 41.3 Å². The molecule has 6 nitrogen and oxygen atoms in total. The summed E-state index contributed by atoms with van der Waals surface area (Å²) in [7, 11) is 0. The quantitative estimate of drug-likeness (QED) is 0.627. The molecule has 30 heavy (non-hydrogen) atoms. The molecule has 0 radical (unpaired) electrons. The maximum absolute atomic E-state index is 13.1. The number of carbonyl (C=O) groups excluding carboxylic acids is 1. The van der Waals surface area contributed by atoms with Crippen LogP contribution in [0.5, 0.6) is 0 Å². The summed E-state index contributed by atoms with van der Waals surface area (Å²) in [5.41, 5.74) is 1.12. The molecular formula is C23H24ClN3O3. The molecule has 0 fully saturated rings. The van der Waals surface area contributed by atoms with E-state index in [1.54, 1.807) is 18.2 Å². The minimum atomic E-state index is -0.670. The molecule has 0 aliphatic heterocycles. The van der Waals surface area contributed by atoms with E-state index in [0.29, 0.717) is 17.3 Å². The maximum atomic E-state index is 13.1. The van der Waals surface area contributed by atoms with Gasteiger partial charge in [-0.2, -0.15) is 0 Å². The lowest BCUT2D eigenvalue weighted by Crippen LogP contribution is -2.43. The first-order valence-corrected chi connectivity index (χ1v) is 10.2. The fraction of sp³-hybridized carbons (Fsp3) is 0.261. The van der Waals surface area contributed by atoms with Gasteiger partial charge in [-0.1, -0.05) is 60.8 Å². The first-order chi connectivity index (χ1) is 14.4. The van der Waals surface area contributed by atoms with Crippen molar-refractivity contribution in [2.45, 2.75) is 39.8 Å². The third-order valence-corrected chi connectivity index (χ3v) is 5.03. The van der Waals surface area contributed by atoms with Crippen molar-refractivity contribution in [3.8, 4) is 5.69 Å². The Bertz CT molecular complexity index is 1160. The molecule has 0 unspecified atom stereocenters. The SMILES string of the molecule is CCCCn1cc(C(=O)NCc2ccc(C)cc2)c(=O)n(-c2cccc(Cl)c2)c1=O. The van der Waals surface area contributed by atoms with E-state index >= 15 is 0 Å². The summed E-state index contributed by atoms with van der Waals surface area (Å²) in [6.07, 6.45) is 2.97. The standard InChI is InChI=1S/C23H24ClN3O3/c1-3-4-12-26-15-20(21(28)25-14-17-10-8-16(2)9-11-17)22(29)27(23(26)30)19-7-5-6-18(24)13-19/h5-11,13,15H,3-4,12,14H2,1-2H3,(H,25,28). The summed E-state index contributed by atoms with van der Waals surface area (Å²) in [5.74, 6) is -0.526. The summed E-state index contributed by atoms with van der Waals surface area (Å²) < 4.78 is 2.41. The predicted molar refractivity (Wildman–Crippen MR) is 119 cm³/mol. The number of benzene rings is 2. The van der Waals surface area contributed by atoms with Crippen molar-refractivity contribution < 1.29 is 4.79 Å². The molecule has 1 aromatic heterocycles. The van der Waals surface area contributed by atoms with E-state index in [4.69, 9.17) is 11.6 Å². The maximum Gasteiger partial charge on any atom is 0.335 e. The van der Waals surface area contributed by atoms with Crippen molar-refractivity contribution in [2.24, 2.45) is 0 Å². The van der Waals surface area contributed by atoms with Crippen LogP contribution in [-0.4, -0.2) is 15.0 Å². The second-order valence-electron chi connectivity index (χ2n) is 7.16. The summed E-state index contributed by atoms with van der Waals surface area (Å²) in [5, 5.41) is 3.17. The highest BCUT2D eigenvalue weighted by molar-refractivity contribution is 6.30. The summed E-state index contributed by atoms with van der Waals surface area (Å²) in [6, 6.07) is 14.2. The minimum Gasteiger partial charge on any atom is -0.348 e. The number of amides is 1. The van der Waals surface area contributed by atoms with E-state index in [1.165, 1.54) is 16.8 Å². The Labute approximate surface area is 179 Å². The normalized spacial score (nSPS) is 10.8. The van der Waals surface area contributed by atoms with Gasteiger partial charge in [-0.15, -0.1) is 0 Å². The Kier molecular flexibility index (Phi) is 6.90. The third kappa shape index (κ3) is 4.89. The molecule has 0 bridgehead atoms. The zero-order valence-electron chi connectivity index (χ0n) is 17.0. The molecule has 2 aromatic carbocycles. The molecule has 0 aliphatic rings.